The molecule has 0 saturated carbocycles. The van der Waals surface area contributed by atoms with E-state index in [1.165, 1.54) is 0 Å². The fourth-order valence-corrected chi connectivity index (χ4v) is 4.59. The number of nitrogens with zero attached hydrogens (tertiary/aromatic N) is 1. The molecule has 6 heteroatoms. The van der Waals surface area contributed by atoms with Crippen molar-refractivity contribution in [3.63, 3.8) is 0 Å². The van der Waals surface area contributed by atoms with Crippen LogP contribution in [0.25, 0.3) is 5.57 Å². The molecule has 1 aliphatic rings. The summed E-state index contributed by atoms with van der Waals surface area (Å²) in [4.78, 5) is 14.5. The van der Waals surface area contributed by atoms with Gasteiger partial charge in [-0.05, 0) is 58.8 Å². The smallest absolute Gasteiger partial charge is 0.332 e. The topological polar surface area (TPSA) is 53.7 Å². The summed E-state index contributed by atoms with van der Waals surface area (Å²) in [5, 5.41) is 11.2. The lowest BCUT2D eigenvalue weighted by atomic mass is 10.1. The van der Waals surface area contributed by atoms with E-state index in [1.807, 2.05) is 25.1 Å². The second-order valence-corrected chi connectivity index (χ2v) is 7.81. The van der Waals surface area contributed by atoms with Gasteiger partial charge in [-0.15, -0.1) is 11.3 Å². The lowest BCUT2D eigenvalue weighted by Crippen LogP contribution is -2.32. The van der Waals surface area contributed by atoms with Crippen molar-refractivity contribution in [3.8, 4) is 0 Å². The molecule has 0 aromatic carbocycles. The minimum Gasteiger partial charge on any atom is -0.478 e. The zero-order chi connectivity index (χ0) is 17.8. The molecule has 0 saturated heterocycles. The van der Waals surface area contributed by atoms with Crippen LogP contribution in [0, 0.1) is 6.92 Å². The Bertz CT molecular complexity index is 776. The first kappa shape index (κ1) is 18.2. The zero-order valence-corrected chi connectivity index (χ0v) is 16.4. The molecule has 0 unspecified atom stereocenters. The van der Waals surface area contributed by atoms with Gasteiger partial charge in [0.15, 0.2) is 0 Å². The van der Waals surface area contributed by atoms with E-state index >= 15 is 0 Å². The highest BCUT2D eigenvalue weighted by atomic mass is 79.9. The van der Waals surface area contributed by atoms with E-state index in [4.69, 9.17) is 9.52 Å². The van der Waals surface area contributed by atoms with E-state index in [2.05, 4.69) is 32.3 Å². The number of carboxylic acids is 1. The third kappa shape index (κ3) is 4.32. The first-order chi connectivity index (χ1) is 12.1. The van der Waals surface area contributed by atoms with Gasteiger partial charge in [0.2, 0.25) is 0 Å². The van der Waals surface area contributed by atoms with Crippen molar-refractivity contribution < 1.29 is 14.3 Å². The molecule has 0 spiro atoms. The van der Waals surface area contributed by atoms with E-state index in [0.717, 1.165) is 52.2 Å². The van der Waals surface area contributed by atoms with Crippen molar-refractivity contribution in [2.75, 3.05) is 19.6 Å². The van der Waals surface area contributed by atoms with E-state index < -0.39 is 5.97 Å². The number of halogens is 1. The van der Waals surface area contributed by atoms with Crippen molar-refractivity contribution in [3.05, 3.63) is 62.2 Å². The number of hydrogen-bond acceptors (Lipinski definition) is 4. The highest BCUT2D eigenvalue weighted by Gasteiger charge is 2.18. The Kier molecular flexibility index (Phi) is 5.93. The molecule has 2 aromatic heterocycles. The molecule has 3 heterocycles. The summed E-state index contributed by atoms with van der Waals surface area (Å²) in [5.74, 6) is 0.0857. The lowest BCUT2D eigenvalue weighted by molar-refractivity contribution is -0.133. The van der Waals surface area contributed by atoms with Crippen molar-refractivity contribution >= 4 is 38.8 Å². The van der Waals surface area contributed by atoms with Crippen LogP contribution >= 0.6 is 27.3 Å². The number of thiophene rings is 1. The second-order valence-electron chi connectivity index (χ2n) is 6.04. The highest BCUT2D eigenvalue weighted by Crippen LogP contribution is 2.36. The summed E-state index contributed by atoms with van der Waals surface area (Å²) in [5.41, 5.74) is 2.70. The van der Waals surface area contributed by atoms with Gasteiger partial charge in [0.1, 0.15) is 5.76 Å². The maximum absolute atomic E-state index is 11.1. The molecule has 4 nitrogen and oxygen atoms in total. The molecule has 2 aromatic rings. The van der Waals surface area contributed by atoms with Crippen LogP contribution in [-0.4, -0.2) is 35.6 Å². The molecule has 3 rings (SSSR count). The molecule has 0 amide bonds. The maximum Gasteiger partial charge on any atom is 0.332 e. The molecular weight excluding hydrogens is 402 g/mol. The Labute approximate surface area is 159 Å². The van der Waals surface area contributed by atoms with Crippen LogP contribution in [0.15, 0.2) is 50.4 Å². The summed E-state index contributed by atoms with van der Waals surface area (Å²) >= 11 is 5.29. The van der Waals surface area contributed by atoms with Crippen molar-refractivity contribution in [2.45, 2.75) is 19.8 Å². The van der Waals surface area contributed by atoms with Gasteiger partial charge in [0, 0.05) is 35.3 Å². The largest absolute Gasteiger partial charge is 0.478 e. The molecule has 0 atom stereocenters. The fraction of sp³-hybridized carbons (Fsp3) is 0.316. The number of carboxylic acid groups (broad SMARTS) is 1. The Balaban J connectivity index is 1.74. The summed E-state index contributed by atoms with van der Waals surface area (Å²) in [6.07, 6.45) is 7.38. The number of carbonyl (C=O) groups is 1. The lowest BCUT2D eigenvalue weighted by Gasteiger charge is -2.25. The molecule has 25 heavy (non-hydrogen) atoms. The predicted molar refractivity (Wildman–Crippen MR) is 104 cm³/mol. The second kappa shape index (κ2) is 8.17. The van der Waals surface area contributed by atoms with Crippen LogP contribution in [0.4, 0.5) is 0 Å². The molecular formula is C19H20BrNO3S. The average Bonchev–Trinajstić information content (AvgIpc) is 3.21. The van der Waals surface area contributed by atoms with Crippen LogP contribution in [0.3, 0.4) is 0 Å². The van der Waals surface area contributed by atoms with Gasteiger partial charge >= 0.3 is 5.97 Å². The summed E-state index contributed by atoms with van der Waals surface area (Å²) in [7, 11) is 0. The molecule has 0 aliphatic carbocycles. The van der Waals surface area contributed by atoms with Crippen LogP contribution < -0.4 is 0 Å². The van der Waals surface area contributed by atoms with Crippen molar-refractivity contribution in [1.82, 2.24) is 4.90 Å². The third-order valence-corrected chi connectivity index (χ3v) is 6.14. The van der Waals surface area contributed by atoms with Gasteiger partial charge in [-0.1, -0.05) is 12.2 Å². The number of rotatable bonds is 6. The van der Waals surface area contributed by atoms with Crippen LogP contribution in [0.5, 0.6) is 0 Å². The van der Waals surface area contributed by atoms with Gasteiger partial charge in [0.25, 0.3) is 0 Å². The third-order valence-electron chi connectivity index (χ3n) is 4.27. The van der Waals surface area contributed by atoms with Crippen LogP contribution in [0.2, 0.25) is 0 Å². The van der Waals surface area contributed by atoms with Crippen LogP contribution in [-0.2, 0) is 4.79 Å². The normalized spacial score (nSPS) is 16.1. The van der Waals surface area contributed by atoms with E-state index in [9.17, 15) is 4.79 Å². The first-order valence-electron chi connectivity index (χ1n) is 8.19. The SMILES string of the molecule is Cc1ccoc1C(=CCCN1CCC=C(C(=O)O)C1)c1sccc1Br. The molecule has 0 radical (unpaired) electrons. The Hall–Kier alpha value is -1.63. The molecule has 0 bridgehead atoms. The Morgan fingerprint density at radius 1 is 1.48 bits per heavy atom. The van der Waals surface area contributed by atoms with Crippen LogP contribution in [0.1, 0.15) is 29.0 Å². The Morgan fingerprint density at radius 2 is 2.32 bits per heavy atom. The van der Waals surface area contributed by atoms with Crippen molar-refractivity contribution in [2.24, 2.45) is 0 Å². The first-order valence-corrected chi connectivity index (χ1v) is 9.86. The van der Waals surface area contributed by atoms with Gasteiger partial charge in [-0.25, -0.2) is 4.79 Å². The Morgan fingerprint density at radius 3 is 2.96 bits per heavy atom. The molecule has 132 valence electrons. The average molecular weight is 422 g/mol. The standard InChI is InChI=1S/C19H20BrNO3S/c1-13-6-10-24-17(13)15(18-16(20)7-11-25-18)5-3-9-21-8-2-4-14(12-21)19(22)23/h4-7,10-11H,2-3,8-9,12H2,1H3,(H,22,23). The fourth-order valence-electron chi connectivity index (χ4n) is 2.97. The number of hydrogen-bond donors (Lipinski definition) is 1. The van der Waals surface area contributed by atoms with E-state index in [0.29, 0.717) is 12.1 Å². The quantitative estimate of drug-likeness (QED) is 0.716. The number of aryl methyl sites for hydroxylation is 1. The minimum atomic E-state index is -0.811. The maximum atomic E-state index is 11.1. The predicted octanol–water partition coefficient (Wildman–Crippen LogP) is 4.95. The van der Waals surface area contributed by atoms with Gasteiger partial charge < -0.3 is 9.52 Å². The molecule has 0 fully saturated rings. The van der Waals surface area contributed by atoms with Crippen molar-refractivity contribution in [1.29, 1.82) is 0 Å². The monoisotopic (exact) mass is 421 g/mol. The summed E-state index contributed by atoms with van der Waals surface area (Å²) in [6, 6.07) is 4.01. The highest BCUT2D eigenvalue weighted by molar-refractivity contribution is 9.10. The summed E-state index contributed by atoms with van der Waals surface area (Å²) in [6.45, 7) is 4.29. The van der Waals surface area contributed by atoms with E-state index in [-0.39, 0.29) is 0 Å². The minimum absolute atomic E-state index is 0.498. The van der Waals surface area contributed by atoms with E-state index in [1.54, 1.807) is 17.6 Å². The molecule has 1 N–H and O–H groups in total. The number of furan rings is 1. The number of aliphatic carboxylic acids is 1. The summed E-state index contributed by atoms with van der Waals surface area (Å²) < 4.78 is 6.78. The van der Waals surface area contributed by atoms with Gasteiger partial charge in [0.05, 0.1) is 11.1 Å². The molecule has 1 aliphatic heterocycles. The zero-order valence-electron chi connectivity index (χ0n) is 14.0. The van der Waals surface area contributed by atoms with Gasteiger partial charge in [-0.3, -0.25) is 4.90 Å². The van der Waals surface area contributed by atoms with Gasteiger partial charge in [-0.2, -0.15) is 0 Å².